The summed E-state index contributed by atoms with van der Waals surface area (Å²) in [6.45, 7) is 1.50. The van der Waals surface area contributed by atoms with E-state index in [0.717, 1.165) is 15.9 Å². The van der Waals surface area contributed by atoms with Crippen LogP contribution in [0.15, 0.2) is 53.4 Å². The Morgan fingerprint density at radius 2 is 1.74 bits per heavy atom. The van der Waals surface area contributed by atoms with Gasteiger partial charge in [0.05, 0.1) is 6.54 Å². The molecule has 2 aromatic carbocycles. The lowest BCUT2D eigenvalue weighted by Crippen LogP contribution is -2.35. The highest BCUT2D eigenvalue weighted by Gasteiger charge is 2.25. The molecule has 2 aromatic rings. The quantitative estimate of drug-likeness (QED) is 0.912. The molecule has 0 aromatic heterocycles. The van der Waals surface area contributed by atoms with Crippen molar-refractivity contribution in [2.45, 2.75) is 11.8 Å². The molecule has 5 nitrogen and oxygen atoms in total. The number of benzene rings is 2. The topological polar surface area (TPSA) is 66.5 Å². The second-order valence-electron chi connectivity index (χ2n) is 5.11. The predicted octanol–water partition coefficient (Wildman–Crippen LogP) is 2.39. The molecule has 2 rings (SSSR count). The number of rotatable bonds is 5. The van der Waals surface area contributed by atoms with E-state index < -0.39 is 33.2 Å². The molecule has 1 amide bonds. The second-order valence-corrected chi connectivity index (χ2v) is 7.12. The summed E-state index contributed by atoms with van der Waals surface area (Å²) in [6, 6.07) is 12.2. The first-order valence-corrected chi connectivity index (χ1v) is 8.32. The van der Waals surface area contributed by atoms with E-state index in [2.05, 4.69) is 5.32 Å². The SMILES string of the molecule is Cc1ccc(NC(=O)CN(C)S(=O)(=O)c2ccccc2F)cc1. The van der Waals surface area contributed by atoms with E-state index in [4.69, 9.17) is 0 Å². The highest BCUT2D eigenvalue weighted by Crippen LogP contribution is 2.17. The molecule has 0 heterocycles. The summed E-state index contributed by atoms with van der Waals surface area (Å²) in [4.78, 5) is 11.5. The van der Waals surface area contributed by atoms with Crippen molar-refractivity contribution in [2.75, 3.05) is 18.9 Å². The van der Waals surface area contributed by atoms with Gasteiger partial charge in [0.1, 0.15) is 10.7 Å². The molecule has 1 N–H and O–H groups in total. The summed E-state index contributed by atoms with van der Waals surface area (Å²) in [5, 5.41) is 2.60. The lowest BCUT2D eigenvalue weighted by atomic mass is 10.2. The number of carbonyl (C=O) groups is 1. The van der Waals surface area contributed by atoms with Crippen LogP contribution in [-0.4, -0.2) is 32.2 Å². The smallest absolute Gasteiger partial charge is 0.246 e. The van der Waals surface area contributed by atoms with Crippen molar-refractivity contribution in [2.24, 2.45) is 0 Å². The van der Waals surface area contributed by atoms with Crippen molar-refractivity contribution in [1.82, 2.24) is 4.31 Å². The van der Waals surface area contributed by atoms with Crippen molar-refractivity contribution >= 4 is 21.6 Å². The number of hydrogen-bond acceptors (Lipinski definition) is 3. The van der Waals surface area contributed by atoms with Crippen LogP contribution in [0.25, 0.3) is 0 Å². The highest BCUT2D eigenvalue weighted by molar-refractivity contribution is 7.89. The van der Waals surface area contributed by atoms with Crippen LogP contribution in [0.2, 0.25) is 0 Å². The Hall–Kier alpha value is -2.25. The normalized spacial score (nSPS) is 11.5. The molecule has 0 saturated heterocycles. The van der Waals surface area contributed by atoms with Gasteiger partial charge in [0, 0.05) is 12.7 Å². The Morgan fingerprint density at radius 1 is 1.13 bits per heavy atom. The summed E-state index contributed by atoms with van der Waals surface area (Å²) in [6.07, 6.45) is 0. The lowest BCUT2D eigenvalue weighted by Gasteiger charge is -2.17. The monoisotopic (exact) mass is 336 g/mol. The number of hydrogen-bond donors (Lipinski definition) is 1. The van der Waals surface area contributed by atoms with Gasteiger partial charge in [-0.1, -0.05) is 29.8 Å². The Kier molecular flexibility index (Phi) is 5.12. The molecule has 0 aliphatic heterocycles. The van der Waals surface area contributed by atoms with Crippen LogP contribution in [0.5, 0.6) is 0 Å². The number of halogens is 1. The molecule has 0 bridgehead atoms. The van der Waals surface area contributed by atoms with Gasteiger partial charge < -0.3 is 5.32 Å². The van der Waals surface area contributed by atoms with E-state index in [0.29, 0.717) is 5.69 Å². The van der Waals surface area contributed by atoms with Gasteiger partial charge in [0.25, 0.3) is 0 Å². The van der Waals surface area contributed by atoms with Gasteiger partial charge in [-0.3, -0.25) is 4.79 Å². The number of amides is 1. The maximum absolute atomic E-state index is 13.7. The van der Waals surface area contributed by atoms with Crippen LogP contribution >= 0.6 is 0 Å². The van der Waals surface area contributed by atoms with Crippen LogP contribution < -0.4 is 5.32 Å². The molecule has 0 spiro atoms. The standard InChI is InChI=1S/C16H17FN2O3S/c1-12-7-9-13(10-8-12)18-16(20)11-19(2)23(21,22)15-6-4-3-5-14(15)17/h3-10H,11H2,1-2H3,(H,18,20). The van der Waals surface area contributed by atoms with E-state index in [9.17, 15) is 17.6 Å². The third-order valence-electron chi connectivity index (χ3n) is 3.23. The molecule has 0 aliphatic carbocycles. The summed E-state index contributed by atoms with van der Waals surface area (Å²) in [5.74, 6) is -1.35. The summed E-state index contributed by atoms with van der Waals surface area (Å²) >= 11 is 0. The molecule has 0 atom stereocenters. The zero-order valence-corrected chi connectivity index (χ0v) is 13.6. The molecule has 0 fully saturated rings. The molecular weight excluding hydrogens is 319 g/mol. The first-order chi connectivity index (χ1) is 10.8. The zero-order chi connectivity index (χ0) is 17.0. The maximum Gasteiger partial charge on any atom is 0.246 e. The average molecular weight is 336 g/mol. The van der Waals surface area contributed by atoms with Crippen molar-refractivity contribution in [3.63, 3.8) is 0 Å². The molecule has 23 heavy (non-hydrogen) atoms. The van der Waals surface area contributed by atoms with Gasteiger partial charge in [-0.05, 0) is 31.2 Å². The molecule has 0 unspecified atom stereocenters. The zero-order valence-electron chi connectivity index (χ0n) is 12.8. The van der Waals surface area contributed by atoms with Gasteiger partial charge in [-0.2, -0.15) is 4.31 Å². The maximum atomic E-state index is 13.7. The average Bonchev–Trinajstić information content (AvgIpc) is 2.49. The lowest BCUT2D eigenvalue weighted by molar-refractivity contribution is -0.116. The van der Waals surface area contributed by atoms with Crippen molar-refractivity contribution in [3.8, 4) is 0 Å². The Labute approximate surface area is 134 Å². The molecule has 122 valence electrons. The molecule has 7 heteroatoms. The Morgan fingerprint density at radius 3 is 2.35 bits per heavy atom. The van der Waals surface area contributed by atoms with Crippen LogP contribution in [0.3, 0.4) is 0 Å². The van der Waals surface area contributed by atoms with Gasteiger partial charge in [-0.15, -0.1) is 0 Å². The van der Waals surface area contributed by atoms with Crippen molar-refractivity contribution < 1.29 is 17.6 Å². The van der Waals surface area contributed by atoms with E-state index in [1.807, 2.05) is 19.1 Å². The predicted molar refractivity (Wildman–Crippen MR) is 86.0 cm³/mol. The second kappa shape index (κ2) is 6.89. The minimum Gasteiger partial charge on any atom is -0.325 e. The first kappa shape index (κ1) is 17.1. The van der Waals surface area contributed by atoms with Gasteiger partial charge in [0.15, 0.2) is 0 Å². The van der Waals surface area contributed by atoms with Crippen LogP contribution in [0, 0.1) is 12.7 Å². The summed E-state index contributed by atoms with van der Waals surface area (Å²) < 4.78 is 39.1. The largest absolute Gasteiger partial charge is 0.325 e. The van der Waals surface area contributed by atoms with E-state index >= 15 is 0 Å². The highest BCUT2D eigenvalue weighted by atomic mass is 32.2. The molecule has 0 radical (unpaired) electrons. The fourth-order valence-electron chi connectivity index (χ4n) is 1.95. The first-order valence-electron chi connectivity index (χ1n) is 6.88. The van der Waals surface area contributed by atoms with E-state index in [1.54, 1.807) is 12.1 Å². The number of carbonyl (C=O) groups excluding carboxylic acids is 1. The Bertz CT molecular complexity index is 804. The number of nitrogens with zero attached hydrogens (tertiary/aromatic N) is 1. The molecule has 0 saturated carbocycles. The fraction of sp³-hybridized carbons (Fsp3) is 0.188. The summed E-state index contributed by atoms with van der Waals surface area (Å²) in [7, 11) is -2.83. The van der Waals surface area contributed by atoms with Crippen LogP contribution in [0.4, 0.5) is 10.1 Å². The minimum atomic E-state index is -4.07. The van der Waals surface area contributed by atoms with Crippen LogP contribution in [-0.2, 0) is 14.8 Å². The van der Waals surface area contributed by atoms with Crippen LogP contribution in [0.1, 0.15) is 5.56 Å². The molecular formula is C16H17FN2O3S. The summed E-state index contributed by atoms with van der Waals surface area (Å²) in [5.41, 5.74) is 1.61. The number of anilines is 1. The number of sulfonamides is 1. The Balaban J connectivity index is 2.08. The van der Waals surface area contributed by atoms with Crippen molar-refractivity contribution in [1.29, 1.82) is 0 Å². The van der Waals surface area contributed by atoms with E-state index in [1.165, 1.54) is 25.2 Å². The van der Waals surface area contributed by atoms with Gasteiger partial charge in [0.2, 0.25) is 15.9 Å². The van der Waals surface area contributed by atoms with E-state index in [-0.39, 0.29) is 0 Å². The van der Waals surface area contributed by atoms with Gasteiger partial charge in [-0.25, -0.2) is 12.8 Å². The third kappa shape index (κ3) is 4.14. The number of likely N-dealkylation sites (N-methyl/N-ethyl adjacent to an activating group) is 1. The molecule has 0 aliphatic rings. The third-order valence-corrected chi connectivity index (χ3v) is 5.06. The number of aryl methyl sites for hydroxylation is 1. The minimum absolute atomic E-state index is 0.412. The van der Waals surface area contributed by atoms with Gasteiger partial charge >= 0.3 is 0 Å². The number of nitrogens with one attached hydrogen (secondary N) is 1. The van der Waals surface area contributed by atoms with Crippen molar-refractivity contribution in [3.05, 3.63) is 59.9 Å². The fourth-order valence-corrected chi connectivity index (χ4v) is 3.13.